The first-order valence-electron chi connectivity index (χ1n) is 11.4. The number of nitrogens with zero attached hydrogens (tertiary/aromatic N) is 1. The Morgan fingerprint density at radius 1 is 1.14 bits per heavy atom. The molecular weight excluding hydrogens is 596 g/mol. The van der Waals surface area contributed by atoms with E-state index in [1.165, 1.54) is 23.1 Å². The maximum atomic E-state index is 14.7. The lowest BCUT2D eigenvalue weighted by Crippen LogP contribution is -2.71. The second-order valence-electron chi connectivity index (χ2n) is 9.46. The van der Waals surface area contributed by atoms with Crippen LogP contribution in [0.15, 0.2) is 30.3 Å². The van der Waals surface area contributed by atoms with Gasteiger partial charge in [-0.15, -0.1) is 12.4 Å². The Hall–Kier alpha value is -1.40. The molecule has 2 fully saturated rings. The predicted molar refractivity (Wildman–Crippen MR) is 137 cm³/mol. The van der Waals surface area contributed by atoms with Crippen LogP contribution < -0.4 is 5.32 Å². The van der Waals surface area contributed by atoms with Crippen molar-refractivity contribution in [3.63, 3.8) is 0 Å². The van der Waals surface area contributed by atoms with Crippen molar-refractivity contribution in [1.29, 1.82) is 0 Å². The van der Waals surface area contributed by atoms with Crippen LogP contribution >= 0.6 is 35.0 Å². The third-order valence-corrected chi connectivity index (χ3v) is 7.68. The maximum absolute atomic E-state index is 14.7. The number of benzene rings is 2. The van der Waals surface area contributed by atoms with Crippen LogP contribution in [0.4, 0.5) is 13.2 Å². The van der Waals surface area contributed by atoms with Crippen LogP contribution in [-0.2, 0) is 6.42 Å². The van der Waals surface area contributed by atoms with Gasteiger partial charge in [0.15, 0.2) is 11.6 Å². The number of carbonyl (C=O) groups is 1. The number of amides is 1. The highest BCUT2D eigenvalue weighted by Gasteiger charge is 2.48. The van der Waals surface area contributed by atoms with Gasteiger partial charge in [0.2, 0.25) is 0 Å². The Labute approximate surface area is 222 Å². The fourth-order valence-electron chi connectivity index (χ4n) is 4.77. The van der Waals surface area contributed by atoms with Crippen LogP contribution in [0.5, 0.6) is 0 Å². The van der Waals surface area contributed by atoms with Gasteiger partial charge in [-0.3, -0.25) is 4.79 Å². The molecule has 1 amide bonds. The first kappa shape index (κ1) is 28.2. The van der Waals surface area contributed by atoms with Gasteiger partial charge in [-0.05, 0) is 85.0 Å². The van der Waals surface area contributed by atoms with Crippen LogP contribution in [0.1, 0.15) is 54.1 Å². The van der Waals surface area contributed by atoms with E-state index in [9.17, 15) is 28.2 Å². The smallest absolute Gasteiger partial charge is 0.254 e. The largest absolute Gasteiger partial charge is 0.393 e. The van der Waals surface area contributed by atoms with Gasteiger partial charge in [0.25, 0.3) is 5.91 Å². The number of likely N-dealkylation sites (tertiary alicyclic amines) is 1. The number of hydrogen-bond acceptors (Lipinski definition) is 4. The minimum Gasteiger partial charge on any atom is -0.393 e. The van der Waals surface area contributed by atoms with Crippen LogP contribution in [0.25, 0.3) is 0 Å². The van der Waals surface area contributed by atoms with Crippen molar-refractivity contribution in [3.05, 3.63) is 68.0 Å². The van der Waals surface area contributed by atoms with Crippen molar-refractivity contribution >= 4 is 40.9 Å². The van der Waals surface area contributed by atoms with E-state index in [1.807, 2.05) is 29.5 Å². The Balaban J connectivity index is 0.00000342. The lowest BCUT2D eigenvalue weighted by Gasteiger charge is -2.51. The molecule has 192 valence electrons. The van der Waals surface area contributed by atoms with Gasteiger partial charge in [-0.2, -0.15) is 0 Å². The molecule has 0 spiro atoms. The molecular formula is C25H29ClF3IN2O3. The van der Waals surface area contributed by atoms with Gasteiger partial charge in [-0.25, -0.2) is 13.2 Å². The fourth-order valence-corrected chi connectivity index (χ4v) is 5.23. The summed E-state index contributed by atoms with van der Waals surface area (Å²) >= 11 is 1.96. The van der Waals surface area contributed by atoms with Crippen molar-refractivity contribution in [2.24, 2.45) is 0 Å². The molecule has 0 radical (unpaired) electrons. The highest BCUT2D eigenvalue weighted by Crippen LogP contribution is 2.31. The number of aliphatic hydroxyl groups excluding tert-OH is 1. The molecule has 2 aromatic carbocycles. The average Bonchev–Trinajstić information content (AvgIpc) is 2.77. The summed E-state index contributed by atoms with van der Waals surface area (Å²) in [7, 11) is 0. The minimum absolute atomic E-state index is 0. The lowest BCUT2D eigenvalue weighted by atomic mass is 9.84. The Morgan fingerprint density at radius 3 is 2.43 bits per heavy atom. The summed E-state index contributed by atoms with van der Waals surface area (Å²) in [6, 6.07) is 6.46. The van der Waals surface area contributed by atoms with E-state index in [0.29, 0.717) is 16.4 Å². The molecule has 1 aliphatic heterocycles. The zero-order valence-corrected chi connectivity index (χ0v) is 22.2. The maximum Gasteiger partial charge on any atom is 0.254 e. The van der Waals surface area contributed by atoms with E-state index in [1.54, 1.807) is 6.07 Å². The van der Waals surface area contributed by atoms with E-state index in [-0.39, 0.29) is 66.8 Å². The standard InChI is InChI=1S/C25H28F3IN2O3.ClH/c1-14(30-17-4-6-18(32)7-5-17)25(34)12-31(13-25)24(33)19-8-9-21(26)23(28)20(19)10-15-2-3-16(29)11-22(15)27;/h2-3,8-9,11,14,17-18,30,32,34H,4-7,10,12-13H2,1H3;1H. The monoisotopic (exact) mass is 624 g/mol. The van der Waals surface area contributed by atoms with Crippen LogP contribution in [-0.4, -0.2) is 57.9 Å². The summed E-state index contributed by atoms with van der Waals surface area (Å²) in [5.74, 6) is -3.36. The molecule has 1 unspecified atom stereocenters. The molecule has 10 heteroatoms. The highest BCUT2D eigenvalue weighted by molar-refractivity contribution is 14.1. The Bertz CT molecular complexity index is 1080. The molecule has 5 nitrogen and oxygen atoms in total. The fraction of sp³-hybridized carbons (Fsp3) is 0.480. The van der Waals surface area contributed by atoms with Crippen molar-refractivity contribution in [2.75, 3.05) is 13.1 Å². The first-order chi connectivity index (χ1) is 16.1. The average molecular weight is 625 g/mol. The molecule has 1 aliphatic carbocycles. The number of nitrogens with one attached hydrogen (secondary N) is 1. The van der Waals surface area contributed by atoms with Crippen LogP contribution in [0.2, 0.25) is 0 Å². The molecule has 4 rings (SSSR count). The highest BCUT2D eigenvalue weighted by atomic mass is 127. The summed E-state index contributed by atoms with van der Waals surface area (Å²) in [5.41, 5.74) is -1.23. The number of carbonyl (C=O) groups excluding carboxylic acids is 1. The molecule has 3 N–H and O–H groups in total. The minimum atomic E-state index is -1.17. The van der Waals surface area contributed by atoms with Crippen LogP contribution in [0, 0.1) is 21.0 Å². The van der Waals surface area contributed by atoms with Gasteiger partial charge in [0.05, 0.1) is 19.2 Å². The number of halogens is 5. The topological polar surface area (TPSA) is 72.8 Å². The molecule has 1 saturated carbocycles. The summed E-state index contributed by atoms with van der Waals surface area (Å²) < 4.78 is 43.8. The lowest BCUT2D eigenvalue weighted by molar-refractivity contribution is -0.103. The normalized spacial score (nSPS) is 22.2. The van der Waals surface area contributed by atoms with Crippen molar-refractivity contribution < 1.29 is 28.2 Å². The predicted octanol–water partition coefficient (Wildman–Crippen LogP) is 4.19. The first-order valence-corrected chi connectivity index (χ1v) is 12.5. The van der Waals surface area contributed by atoms with Gasteiger partial charge >= 0.3 is 0 Å². The third kappa shape index (κ3) is 6.12. The number of β-amino-alcohol motifs (C(OH)–C–C–N with tert-alkyl or cyclic N) is 1. The quantitative estimate of drug-likeness (QED) is 0.422. The van der Waals surface area contributed by atoms with E-state index in [0.717, 1.165) is 18.9 Å². The van der Waals surface area contributed by atoms with E-state index in [4.69, 9.17) is 0 Å². The van der Waals surface area contributed by atoms with E-state index in [2.05, 4.69) is 5.32 Å². The summed E-state index contributed by atoms with van der Waals surface area (Å²) in [6.07, 6.45) is 2.53. The van der Waals surface area contributed by atoms with E-state index >= 15 is 0 Å². The molecule has 1 atom stereocenters. The second-order valence-corrected chi connectivity index (χ2v) is 10.7. The number of rotatable bonds is 6. The van der Waals surface area contributed by atoms with Gasteiger partial charge in [0.1, 0.15) is 11.4 Å². The molecule has 2 aliphatic rings. The van der Waals surface area contributed by atoms with Crippen molar-refractivity contribution in [3.8, 4) is 0 Å². The van der Waals surface area contributed by atoms with Crippen molar-refractivity contribution in [1.82, 2.24) is 10.2 Å². The molecule has 1 saturated heterocycles. The van der Waals surface area contributed by atoms with Gasteiger partial charge in [-0.1, -0.05) is 6.07 Å². The second kappa shape index (κ2) is 11.3. The van der Waals surface area contributed by atoms with Crippen molar-refractivity contribution in [2.45, 2.75) is 62.8 Å². The van der Waals surface area contributed by atoms with Gasteiger partial charge in [0, 0.05) is 33.2 Å². The number of hydrogen-bond donors (Lipinski definition) is 3. The van der Waals surface area contributed by atoms with Crippen LogP contribution in [0.3, 0.4) is 0 Å². The summed E-state index contributed by atoms with van der Waals surface area (Å²) in [6.45, 7) is 1.95. The summed E-state index contributed by atoms with van der Waals surface area (Å²) in [5, 5.41) is 24.1. The summed E-state index contributed by atoms with van der Waals surface area (Å²) in [4.78, 5) is 14.6. The molecule has 35 heavy (non-hydrogen) atoms. The SMILES string of the molecule is CC(NC1CCC(O)CC1)C1(O)CN(C(=O)c2ccc(F)c(F)c2Cc2ccc(I)cc2F)C1.Cl. The number of aliphatic hydroxyl groups is 2. The Morgan fingerprint density at radius 2 is 1.80 bits per heavy atom. The molecule has 1 heterocycles. The molecule has 2 aromatic rings. The van der Waals surface area contributed by atoms with Gasteiger partial charge < -0.3 is 20.4 Å². The molecule has 0 aromatic heterocycles. The Kier molecular flexibility index (Phi) is 9.12. The zero-order valence-electron chi connectivity index (χ0n) is 19.2. The molecule has 0 bridgehead atoms. The van der Waals surface area contributed by atoms with E-state index < -0.39 is 29.0 Å². The third-order valence-electron chi connectivity index (χ3n) is 7.01. The zero-order chi connectivity index (χ0) is 24.6.